The Kier molecular flexibility index (Phi) is 5.24. The summed E-state index contributed by atoms with van der Waals surface area (Å²) in [6, 6.07) is 21.5. The molecule has 0 saturated heterocycles. The smallest absolute Gasteiger partial charge is 0.326 e. The van der Waals surface area contributed by atoms with Gasteiger partial charge in [0.25, 0.3) is 5.91 Å². The van der Waals surface area contributed by atoms with Crippen LogP contribution in [0.2, 0.25) is 0 Å². The molecule has 29 heavy (non-hydrogen) atoms. The van der Waals surface area contributed by atoms with Gasteiger partial charge in [-0.1, -0.05) is 48.5 Å². The molecule has 0 bridgehead atoms. The number of hydrogen-bond donors (Lipinski definition) is 2. The lowest BCUT2D eigenvalue weighted by atomic mass is 10.0. The highest BCUT2D eigenvalue weighted by molar-refractivity contribution is 5.95. The summed E-state index contributed by atoms with van der Waals surface area (Å²) in [7, 11) is 0. The predicted molar refractivity (Wildman–Crippen MR) is 111 cm³/mol. The molecule has 0 aliphatic rings. The van der Waals surface area contributed by atoms with E-state index in [1.165, 1.54) is 6.07 Å². The van der Waals surface area contributed by atoms with Crippen LogP contribution in [0.25, 0.3) is 22.2 Å². The molecule has 1 amide bonds. The Labute approximate surface area is 166 Å². The first-order valence-corrected chi connectivity index (χ1v) is 9.44. The number of carbonyl (C=O) groups is 1. The highest BCUT2D eigenvalue weighted by atomic mass is 19.1. The zero-order chi connectivity index (χ0) is 20.2. The van der Waals surface area contributed by atoms with Gasteiger partial charge in [-0.05, 0) is 41.8 Å². The summed E-state index contributed by atoms with van der Waals surface area (Å²) in [6.45, 7) is 0.787. The number of nitrogens with zero attached hydrogens (tertiary/aromatic N) is 1. The Morgan fingerprint density at radius 3 is 2.55 bits per heavy atom. The highest BCUT2D eigenvalue weighted by Gasteiger charge is 2.13. The molecule has 2 N–H and O–H groups in total. The zero-order valence-electron chi connectivity index (χ0n) is 15.7. The average molecular weight is 389 g/mol. The number of fused-ring (bicyclic) bond motifs is 1. The van der Waals surface area contributed by atoms with Crippen molar-refractivity contribution in [2.45, 2.75) is 13.0 Å². The number of H-pyrrole nitrogens is 1. The lowest BCUT2D eigenvalue weighted by Gasteiger charge is -2.09. The zero-order valence-corrected chi connectivity index (χ0v) is 15.7. The van der Waals surface area contributed by atoms with Crippen molar-refractivity contribution < 1.29 is 9.18 Å². The summed E-state index contributed by atoms with van der Waals surface area (Å²) >= 11 is 0. The number of halogens is 1. The molecular formula is C23H20FN3O2. The van der Waals surface area contributed by atoms with Crippen LogP contribution in [0.15, 0.2) is 77.6 Å². The first-order valence-electron chi connectivity index (χ1n) is 9.44. The Morgan fingerprint density at radius 1 is 0.966 bits per heavy atom. The van der Waals surface area contributed by atoms with Gasteiger partial charge in [0, 0.05) is 13.1 Å². The van der Waals surface area contributed by atoms with Crippen molar-refractivity contribution in [1.82, 2.24) is 14.9 Å². The van der Waals surface area contributed by atoms with Crippen LogP contribution in [-0.4, -0.2) is 22.0 Å². The van der Waals surface area contributed by atoms with Crippen LogP contribution in [0.4, 0.5) is 4.39 Å². The van der Waals surface area contributed by atoms with E-state index < -0.39 is 11.7 Å². The Hall–Kier alpha value is -3.67. The largest absolute Gasteiger partial charge is 0.352 e. The third-order valence-corrected chi connectivity index (χ3v) is 4.84. The average Bonchev–Trinajstić information content (AvgIpc) is 3.07. The van der Waals surface area contributed by atoms with Crippen LogP contribution in [0, 0.1) is 5.82 Å². The summed E-state index contributed by atoms with van der Waals surface area (Å²) in [4.78, 5) is 27.3. The number of aromatic amines is 1. The molecule has 0 spiro atoms. The van der Waals surface area contributed by atoms with Crippen molar-refractivity contribution in [3.05, 3.63) is 94.7 Å². The van der Waals surface area contributed by atoms with E-state index in [-0.39, 0.29) is 11.3 Å². The maximum Gasteiger partial charge on any atom is 0.326 e. The number of para-hydroxylation sites is 2. The minimum Gasteiger partial charge on any atom is -0.352 e. The predicted octanol–water partition coefficient (Wildman–Crippen LogP) is 3.96. The molecule has 0 unspecified atom stereocenters. The first-order chi connectivity index (χ1) is 14.1. The maximum atomic E-state index is 14.2. The number of hydrogen-bond acceptors (Lipinski definition) is 2. The second-order valence-corrected chi connectivity index (χ2v) is 6.77. The lowest BCUT2D eigenvalue weighted by Crippen LogP contribution is -2.27. The van der Waals surface area contributed by atoms with Gasteiger partial charge in [-0.25, -0.2) is 9.18 Å². The maximum absolute atomic E-state index is 14.2. The molecule has 1 heterocycles. The normalized spacial score (nSPS) is 10.9. The summed E-state index contributed by atoms with van der Waals surface area (Å²) < 4.78 is 15.8. The third kappa shape index (κ3) is 3.96. The van der Waals surface area contributed by atoms with E-state index in [0.717, 1.165) is 22.2 Å². The molecule has 0 atom stereocenters. The van der Waals surface area contributed by atoms with E-state index in [1.807, 2.05) is 54.6 Å². The van der Waals surface area contributed by atoms with E-state index in [0.29, 0.717) is 19.5 Å². The fourth-order valence-corrected chi connectivity index (χ4v) is 3.37. The van der Waals surface area contributed by atoms with Crippen LogP contribution in [0.1, 0.15) is 16.8 Å². The molecular weight excluding hydrogens is 369 g/mol. The topological polar surface area (TPSA) is 66.9 Å². The number of carbonyl (C=O) groups excluding carboxylic acids is 1. The number of nitrogens with one attached hydrogen (secondary N) is 2. The number of imidazole rings is 1. The number of amides is 1. The second-order valence-electron chi connectivity index (χ2n) is 6.77. The van der Waals surface area contributed by atoms with Gasteiger partial charge in [-0.3, -0.25) is 9.36 Å². The summed E-state index contributed by atoms with van der Waals surface area (Å²) in [5.74, 6) is -1.03. The van der Waals surface area contributed by atoms with Gasteiger partial charge in [0.15, 0.2) is 0 Å². The van der Waals surface area contributed by atoms with E-state index in [2.05, 4.69) is 10.3 Å². The van der Waals surface area contributed by atoms with Gasteiger partial charge in [0.1, 0.15) is 5.82 Å². The van der Waals surface area contributed by atoms with Gasteiger partial charge in [0.05, 0.1) is 16.6 Å². The third-order valence-electron chi connectivity index (χ3n) is 4.84. The standard InChI is InChI=1S/C23H20FN3O2/c24-19-12-11-17(16-7-2-1-3-8-16)15-18(19)22(28)25-13-6-14-27-21-10-5-4-9-20(21)26-23(27)29/h1-5,7-12,15H,6,13-14H2,(H,25,28)(H,26,29). The molecule has 3 aromatic carbocycles. The molecule has 0 saturated carbocycles. The van der Waals surface area contributed by atoms with E-state index in [1.54, 1.807) is 16.7 Å². The van der Waals surface area contributed by atoms with E-state index in [9.17, 15) is 14.0 Å². The molecule has 6 heteroatoms. The second kappa shape index (κ2) is 8.14. The first kappa shape index (κ1) is 18.7. The van der Waals surface area contributed by atoms with Crippen molar-refractivity contribution in [3.8, 4) is 11.1 Å². The summed E-state index contributed by atoms with van der Waals surface area (Å²) in [6.07, 6.45) is 0.549. The summed E-state index contributed by atoms with van der Waals surface area (Å²) in [5, 5.41) is 2.74. The quantitative estimate of drug-likeness (QED) is 0.490. The number of benzene rings is 3. The minimum atomic E-state index is -0.560. The minimum absolute atomic E-state index is 0.00983. The van der Waals surface area contributed by atoms with Crippen LogP contribution in [0.3, 0.4) is 0 Å². The summed E-state index contributed by atoms with van der Waals surface area (Å²) in [5.41, 5.74) is 3.13. The molecule has 1 aromatic heterocycles. The van der Waals surface area contributed by atoms with Gasteiger partial charge >= 0.3 is 5.69 Å². The fourth-order valence-electron chi connectivity index (χ4n) is 3.37. The molecule has 146 valence electrons. The molecule has 4 aromatic rings. The van der Waals surface area contributed by atoms with E-state index >= 15 is 0 Å². The number of aromatic nitrogens is 2. The van der Waals surface area contributed by atoms with Crippen LogP contribution in [0.5, 0.6) is 0 Å². The van der Waals surface area contributed by atoms with Crippen molar-refractivity contribution in [3.63, 3.8) is 0 Å². The Bertz CT molecular complexity index is 1210. The van der Waals surface area contributed by atoms with Crippen molar-refractivity contribution in [2.75, 3.05) is 6.54 Å². The van der Waals surface area contributed by atoms with Crippen LogP contribution >= 0.6 is 0 Å². The lowest BCUT2D eigenvalue weighted by molar-refractivity contribution is 0.0949. The molecule has 0 aliphatic carbocycles. The molecule has 4 rings (SSSR count). The number of rotatable bonds is 6. The molecule has 0 fully saturated rings. The van der Waals surface area contributed by atoms with E-state index in [4.69, 9.17) is 0 Å². The molecule has 0 aliphatic heterocycles. The van der Waals surface area contributed by atoms with Crippen molar-refractivity contribution in [1.29, 1.82) is 0 Å². The Balaban J connectivity index is 1.41. The SMILES string of the molecule is O=C(NCCCn1c(=O)[nH]c2ccccc21)c1cc(-c2ccccc2)ccc1F. The van der Waals surface area contributed by atoms with Crippen molar-refractivity contribution in [2.24, 2.45) is 0 Å². The fraction of sp³-hybridized carbons (Fsp3) is 0.130. The Morgan fingerprint density at radius 2 is 1.72 bits per heavy atom. The van der Waals surface area contributed by atoms with Gasteiger partial charge in [-0.15, -0.1) is 0 Å². The molecule has 0 radical (unpaired) electrons. The number of aryl methyl sites for hydroxylation is 1. The van der Waals surface area contributed by atoms with Gasteiger partial charge < -0.3 is 10.3 Å². The van der Waals surface area contributed by atoms with Crippen molar-refractivity contribution >= 4 is 16.9 Å². The monoisotopic (exact) mass is 389 g/mol. The highest BCUT2D eigenvalue weighted by Crippen LogP contribution is 2.22. The van der Waals surface area contributed by atoms with Gasteiger partial charge in [0.2, 0.25) is 0 Å². The molecule has 5 nitrogen and oxygen atoms in total. The van der Waals surface area contributed by atoms with Crippen LogP contribution < -0.4 is 11.0 Å². The van der Waals surface area contributed by atoms with Gasteiger partial charge in [-0.2, -0.15) is 0 Å². The van der Waals surface area contributed by atoms with Crippen LogP contribution in [-0.2, 0) is 6.54 Å².